The number of aromatic nitrogens is 1. The van der Waals surface area contributed by atoms with Crippen molar-refractivity contribution >= 4 is 28.2 Å². The van der Waals surface area contributed by atoms with Crippen LogP contribution in [0.5, 0.6) is 0 Å². The van der Waals surface area contributed by atoms with Crippen LogP contribution in [0.3, 0.4) is 0 Å². The van der Waals surface area contributed by atoms with Crippen molar-refractivity contribution in [3.05, 3.63) is 4.88 Å². The van der Waals surface area contributed by atoms with Crippen molar-refractivity contribution in [3.8, 4) is 0 Å². The van der Waals surface area contributed by atoms with Gasteiger partial charge in [0.05, 0.1) is 0 Å². The average Bonchev–Trinajstić information content (AvgIpc) is 2.82. The SMILES string of the molecule is CN(C)c1nc(N)c(C(=O)NCCN2CCNCC2)s1. The zero-order valence-electron chi connectivity index (χ0n) is 12.0. The van der Waals surface area contributed by atoms with Gasteiger partial charge in [0.15, 0.2) is 5.13 Å². The van der Waals surface area contributed by atoms with Crippen molar-refractivity contribution in [2.75, 3.05) is 64.0 Å². The highest BCUT2D eigenvalue weighted by Crippen LogP contribution is 2.26. The minimum Gasteiger partial charge on any atom is -0.382 e. The molecule has 0 atom stereocenters. The molecular formula is C12H22N6OS. The van der Waals surface area contributed by atoms with Crippen molar-refractivity contribution in [1.29, 1.82) is 0 Å². The van der Waals surface area contributed by atoms with Gasteiger partial charge in [-0.25, -0.2) is 4.98 Å². The van der Waals surface area contributed by atoms with Crippen molar-refractivity contribution in [2.24, 2.45) is 0 Å². The van der Waals surface area contributed by atoms with E-state index in [0.717, 1.165) is 37.9 Å². The maximum Gasteiger partial charge on any atom is 0.265 e. The van der Waals surface area contributed by atoms with Crippen LogP contribution >= 0.6 is 11.3 Å². The lowest BCUT2D eigenvalue weighted by Crippen LogP contribution is -2.46. The van der Waals surface area contributed by atoms with Gasteiger partial charge in [0, 0.05) is 53.4 Å². The fourth-order valence-electron chi connectivity index (χ4n) is 2.02. The summed E-state index contributed by atoms with van der Waals surface area (Å²) in [5.74, 6) is 0.168. The maximum atomic E-state index is 12.1. The van der Waals surface area contributed by atoms with Crippen LogP contribution in [0.15, 0.2) is 0 Å². The summed E-state index contributed by atoms with van der Waals surface area (Å²) in [4.78, 5) is 20.9. The zero-order valence-corrected chi connectivity index (χ0v) is 12.8. The molecule has 1 amide bonds. The molecule has 0 bridgehead atoms. The molecule has 1 fully saturated rings. The molecule has 0 aliphatic carbocycles. The smallest absolute Gasteiger partial charge is 0.265 e. The number of nitrogens with two attached hydrogens (primary N) is 1. The summed E-state index contributed by atoms with van der Waals surface area (Å²) < 4.78 is 0. The molecule has 7 nitrogen and oxygen atoms in total. The van der Waals surface area contributed by atoms with E-state index in [1.54, 1.807) is 0 Å². The van der Waals surface area contributed by atoms with Crippen LogP contribution in [0.2, 0.25) is 0 Å². The number of amides is 1. The summed E-state index contributed by atoms with van der Waals surface area (Å²) in [6.45, 7) is 5.59. The second-order valence-electron chi connectivity index (χ2n) is 4.95. The van der Waals surface area contributed by atoms with E-state index >= 15 is 0 Å². The van der Waals surface area contributed by atoms with Crippen LogP contribution in [-0.4, -0.2) is 69.2 Å². The highest BCUT2D eigenvalue weighted by Gasteiger charge is 2.17. The van der Waals surface area contributed by atoms with Crippen molar-refractivity contribution in [1.82, 2.24) is 20.5 Å². The van der Waals surface area contributed by atoms with E-state index in [1.165, 1.54) is 11.3 Å². The Bertz CT molecular complexity index is 455. The van der Waals surface area contributed by atoms with Gasteiger partial charge in [-0.1, -0.05) is 11.3 Å². The first-order valence-corrected chi connectivity index (χ1v) is 7.54. The monoisotopic (exact) mass is 298 g/mol. The van der Waals surface area contributed by atoms with E-state index in [9.17, 15) is 4.79 Å². The summed E-state index contributed by atoms with van der Waals surface area (Å²) in [5, 5.41) is 6.96. The van der Waals surface area contributed by atoms with Crippen molar-refractivity contribution in [3.63, 3.8) is 0 Å². The quantitative estimate of drug-likeness (QED) is 0.675. The molecule has 0 radical (unpaired) electrons. The van der Waals surface area contributed by atoms with Crippen LogP contribution in [0.25, 0.3) is 0 Å². The molecule has 0 unspecified atom stereocenters. The molecule has 8 heteroatoms. The van der Waals surface area contributed by atoms with Gasteiger partial charge in [-0.15, -0.1) is 0 Å². The lowest BCUT2D eigenvalue weighted by molar-refractivity contribution is 0.0952. The molecule has 1 aliphatic heterocycles. The molecule has 2 heterocycles. The van der Waals surface area contributed by atoms with Gasteiger partial charge < -0.3 is 21.3 Å². The topological polar surface area (TPSA) is 86.5 Å². The largest absolute Gasteiger partial charge is 0.382 e. The van der Waals surface area contributed by atoms with Gasteiger partial charge in [0.25, 0.3) is 5.91 Å². The number of carbonyl (C=O) groups excluding carboxylic acids is 1. The summed E-state index contributed by atoms with van der Waals surface area (Å²) in [6.07, 6.45) is 0. The first-order valence-electron chi connectivity index (χ1n) is 6.73. The second-order valence-corrected chi connectivity index (χ2v) is 5.93. The third-order valence-corrected chi connectivity index (χ3v) is 4.39. The van der Waals surface area contributed by atoms with Crippen LogP contribution < -0.4 is 21.3 Å². The predicted molar refractivity (Wildman–Crippen MR) is 82.5 cm³/mol. The van der Waals surface area contributed by atoms with E-state index in [4.69, 9.17) is 5.73 Å². The molecule has 2 rings (SSSR count). The third kappa shape index (κ3) is 3.81. The van der Waals surface area contributed by atoms with Gasteiger partial charge >= 0.3 is 0 Å². The minimum absolute atomic E-state index is 0.136. The number of anilines is 2. The summed E-state index contributed by atoms with van der Waals surface area (Å²) in [7, 11) is 3.76. The highest BCUT2D eigenvalue weighted by molar-refractivity contribution is 7.18. The van der Waals surface area contributed by atoms with Crippen LogP contribution in [-0.2, 0) is 0 Å². The number of nitrogens with zero attached hydrogens (tertiary/aromatic N) is 3. The average molecular weight is 298 g/mol. The molecule has 0 spiro atoms. The Morgan fingerprint density at radius 1 is 1.50 bits per heavy atom. The molecule has 112 valence electrons. The normalized spacial score (nSPS) is 16.1. The first-order chi connectivity index (χ1) is 9.58. The van der Waals surface area contributed by atoms with Crippen molar-refractivity contribution < 1.29 is 4.79 Å². The molecular weight excluding hydrogens is 276 g/mol. The molecule has 1 aliphatic rings. The van der Waals surface area contributed by atoms with Gasteiger partial charge in [-0.05, 0) is 0 Å². The molecule has 1 saturated heterocycles. The Kier molecular flexibility index (Phi) is 5.16. The van der Waals surface area contributed by atoms with E-state index < -0.39 is 0 Å². The number of nitrogen functional groups attached to an aromatic ring is 1. The summed E-state index contributed by atoms with van der Waals surface area (Å²) in [5.41, 5.74) is 5.79. The molecule has 20 heavy (non-hydrogen) atoms. The Balaban J connectivity index is 1.82. The standard InChI is InChI=1S/C12H22N6OS/c1-17(2)12-16-10(13)9(20-12)11(19)15-5-8-18-6-3-14-4-7-18/h14H,3-8,13H2,1-2H3,(H,15,19). The number of thiazole rings is 1. The number of nitrogens with one attached hydrogen (secondary N) is 2. The summed E-state index contributed by atoms with van der Waals surface area (Å²) in [6, 6.07) is 0. The fourth-order valence-corrected chi connectivity index (χ4v) is 2.84. The van der Waals surface area contributed by atoms with Gasteiger partial charge in [-0.3, -0.25) is 9.69 Å². The Morgan fingerprint density at radius 2 is 2.20 bits per heavy atom. The predicted octanol–water partition coefficient (Wildman–Crippen LogP) is -0.574. The molecule has 0 saturated carbocycles. The molecule has 1 aromatic heterocycles. The number of hydrogen-bond acceptors (Lipinski definition) is 7. The van der Waals surface area contributed by atoms with Gasteiger partial charge in [0.2, 0.25) is 0 Å². The van der Waals surface area contributed by atoms with Crippen LogP contribution in [0, 0.1) is 0 Å². The van der Waals surface area contributed by atoms with E-state index in [2.05, 4.69) is 20.5 Å². The molecule has 4 N–H and O–H groups in total. The second kappa shape index (κ2) is 6.87. The number of carbonyl (C=O) groups is 1. The lowest BCUT2D eigenvalue weighted by Gasteiger charge is -2.27. The van der Waals surface area contributed by atoms with E-state index in [-0.39, 0.29) is 5.91 Å². The van der Waals surface area contributed by atoms with Gasteiger partial charge in [-0.2, -0.15) is 0 Å². The molecule has 0 aromatic carbocycles. The fraction of sp³-hybridized carbons (Fsp3) is 0.667. The highest BCUT2D eigenvalue weighted by atomic mass is 32.1. The Morgan fingerprint density at radius 3 is 2.80 bits per heavy atom. The summed E-state index contributed by atoms with van der Waals surface area (Å²) >= 11 is 1.32. The van der Waals surface area contributed by atoms with E-state index in [1.807, 2.05) is 19.0 Å². The van der Waals surface area contributed by atoms with Crippen LogP contribution in [0.1, 0.15) is 9.67 Å². The van der Waals surface area contributed by atoms with Gasteiger partial charge in [0.1, 0.15) is 10.7 Å². The van der Waals surface area contributed by atoms with E-state index in [0.29, 0.717) is 17.2 Å². The minimum atomic E-state index is -0.136. The zero-order chi connectivity index (χ0) is 14.5. The number of rotatable bonds is 5. The lowest BCUT2D eigenvalue weighted by atomic mass is 10.3. The maximum absolute atomic E-state index is 12.1. The Labute approximate surface area is 123 Å². The first kappa shape index (κ1) is 15.0. The Hall–Kier alpha value is -1.38. The molecule has 1 aromatic rings. The third-order valence-electron chi connectivity index (χ3n) is 3.15. The number of piperazine rings is 1. The number of hydrogen-bond donors (Lipinski definition) is 3. The van der Waals surface area contributed by atoms with Crippen LogP contribution in [0.4, 0.5) is 10.9 Å². The van der Waals surface area contributed by atoms with Crippen molar-refractivity contribution in [2.45, 2.75) is 0 Å².